The molecule has 4 aromatic rings. The zero-order valence-electron chi connectivity index (χ0n) is 18.3. The zero-order valence-corrected chi connectivity index (χ0v) is 18.3. The molecule has 0 saturated heterocycles. The first-order valence-electron chi connectivity index (χ1n) is 10.6. The second kappa shape index (κ2) is 9.85. The highest BCUT2D eigenvalue weighted by Crippen LogP contribution is 2.32. The molecule has 0 aliphatic heterocycles. The molecule has 0 saturated carbocycles. The van der Waals surface area contributed by atoms with Gasteiger partial charge < -0.3 is 4.74 Å². The number of aromatic nitrogens is 2. The summed E-state index contributed by atoms with van der Waals surface area (Å²) in [6, 6.07) is 11.4. The van der Waals surface area contributed by atoms with Crippen LogP contribution < -0.4 is 0 Å². The van der Waals surface area contributed by atoms with Gasteiger partial charge in [0.2, 0.25) is 0 Å². The number of aryl methyl sites for hydroxylation is 2. The van der Waals surface area contributed by atoms with Crippen molar-refractivity contribution in [1.82, 2.24) is 9.97 Å². The van der Waals surface area contributed by atoms with E-state index in [0.717, 1.165) is 23.3 Å². The van der Waals surface area contributed by atoms with Gasteiger partial charge in [-0.25, -0.2) is 18.7 Å². The van der Waals surface area contributed by atoms with E-state index in [2.05, 4.69) is 9.97 Å². The van der Waals surface area contributed by atoms with E-state index in [1.165, 1.54) is 6.07 Å². The number of methoxy groups -OCH3 is 1. The molecule has 4 rings (SSSR count). The van der Waals surface area contributed by atoms with Crippen molar-refractivity contribution in [3.63, 3.8) is 0 Å². The van der Waals surface area contributed by atoms with Crippen LogP contribution in [0.1, 0.15) is 22.3 Å². The minimum atomic E-state index is -4.75. The first-order valence-corrected chi connectivity index (χ1v) is 10.6. The maximum atomic E-state index is 15.1. The number of benzene rings is 3. The lowest BCUT2D eigenvalue weighted by Crippen LogP contribution is -2.08. The molecule has 0 bridgehead atoms. The molecule has 0 aliphatic carbocycles. The maximum Gasteiger partial charge on any atom is 0.419 e. The Labute approximate surface area is 193 Å². The van der Waals surface area contributed by atoms with Gasteiger partial charge in [-0.05, 0) is 59.5 Å². The molecule has 0 atom stereocenters. The molecule has 1 aromatic heterocycles. The van der Waals surface area contributed by atoms with Gasteiger partial charge in [0.15, 0.2) is 5.82 Å². The zero-order chi connectivity index (χ0) is 24.3. The molecule has 8 heteroatoms. The van der Waals surface area contributed by atoms with Crippen LogP contribution >= 0.6 is 0 Å². The number of nitrogens with zero attached hydrogens (tertiary/aromatic N) is 2. The van der Waals surface area contributed by atoms with Gasteiger partial charge in [0.05, 0.1) is 12.2 Å². The predicted octanol–water partition coefficient (Wildman–Crippen LogP) is 6.57. The minimum absolute atomic E-state index is 0.207. The number of ether oxygens (including phenoxy) is 1. The molecule has 3 nitrogen and oxygen atoms in total. The van der Waals surface area contributed by atoms with E-state index in [1.807, 2.05) is 0 Å². The molecule has 0 amide bonds. The van der Waals surface area contributed by atoms with Crippen molar-refractivity contribution in [1.29, 1.82) is 0 Å². The Hall–Kier alpha value is -3.39. The third kappa shape index (κ3) is 5.22. The first kappa shape index (κ1) is 23.8. The quantitative estimate of drug-likeness (QED) is 0.286. The molecule has 1 heterocycles. The summed E-state index contributed by atoms with van der Waals surface area (Å²) in [5.74, 6) is -1.21. The second-order valence-corrected chi connectivity index (χ2v) is 7.94. The van der Waals surface area contributed by atoms with Crippen LogP contribution in [-0.2, 0) is 30.2 Å². The summed E-state index contributed by atoms with van der Waals surface area (Å²) in [6.07, 6.45) is -0.136. The summed E-state index contributed by atoms with van der Waals surface area (Å²) in [6.45, 7) is 0.577. The molecule has 34 heavy (non-hydrogen) atoms. The third-order valence-corrected chi connectivity index (χ3v) is 5.61. The summed E-state index contributed by atoms with van der Waals surface area (Å²) in [7, 11) is 1.63. The monoisotopic (exact) mass is 472 g/mol. The van der Waals surface area contributed by atoms with Crippen molar-refractivity contribution in [2.75, 3.05) is 13.7 Å². The van der Waals surface area contributed by atoms with Gasteiger partial charge in [0, 0.05) is 30.5 Å². The van der Waals surface area contributed by atoms with Gasteiger partial charge in [0.1, 0.15) is 11.6 Å². The standard InChI is InChI=1S/C26H21F5N2O/c1-34-11-10-17-14-32-25(33-15-17)20-7-8-21-19(13-20)6-5-18(24(21)28)4-2-16-3-9-22(23(27)12-16)26(29,30)31/h3,5-9,12-15H,2,4,10-11H2,1H3. The third-order valence-electron chi connectivity index (χ3n) is 5.61. The summed E-state index contributed by atoms with van der Waals surface area (Å²) in [5.41, 5.74) is 1.16. The van der Waals surface area contributed by atoms with Crippen molar-refractivity contribution in [3.8, 4) is 11.4 Å². The van der Waals surface area contributed by atoms with E-state index in [9.17, 15) is 17.6 Å². The van der Waals surface area contributed by atoms with Crippen LogP contribution in [0.2, 0.25) is 0 Å². The van der Waals surface area contributed by atoms with Crippen molar-refractivity contribution < 1.29 is 26.7 Å². The molecule has 0 spiro atoms. The number of rotatable bonds is 7. The number of hydrogen-bond acceptors (Lipinski definition) is 3. The summed E-state index contributed by atoms with van der Waals surface area (Å²) < 4.78 is 72.1. The van der Waals surface area contributed by atoms with Crippen LogP contribution in [0.3, 0.4) is 0 Å². The van der Waals surface area contributed by atoms with Crippen molar-refractivity contribution >= 4 is 10.8 Å². The maximum absolute atomic E-state index is 15.1. The Morgan fingerprint density at radius 2 is 1.59 bits per heavy atom. The average molecular weight is 472 g/mol. The van der Waals surface area contributed by atoms with E-state index in [0.29, 0.717) is 40.8 Å². The van der Waals surface area contributed by atoms with Gasteiger partial charge in [0.25, 0.3) is 0 Å². The van der Waals surface area contributed by atoms with Crippen LogP contribution in [0, 0.1) is 11.6 Å². The van der Waals surface area contributed by atoms with Gasteiger partial charge in [-0.15, -0.1) is 0 Å². The van der Waals surface area contributed by atoms with Crippen molar-refractivity contribution in [2.45, 2.75) is 25.4 Å². The Bertz CT molecular complexity index is 1300. The van der Waals surface area contributed by atoms with E-state index >= 15 is 4.39 Å². The van der Waals surface area contributed by atoms with Crippen molar-refractivity contribution in [2.24, 2.45) is 0 Å². The van der Waals surface area contributed by atoms with Crippen LogP contribution in [-0.4, -0.2) is 23.7 Å². The fraction of sp³-hybridized carbons (Fsp3) is 0.231. The molecule has 0 unspecified atom stereocenters. The lowest BCUT2D eigenvalue weighted by molar-refractivity contribution is -0.140. The number of alkyl halides is 3. The fourth-order valence-corrected chi connectivity index (χ4v) is 3.75. The van der Waals surface area contributed by atoms with Crippen LogP contribution in [0.25, 0.3) is 22.2 Å². The lowest BCUT2D eigenvalue weighted by atomic mass is 9.98. The van der Waals surface area contributed by atoms with Gasteiger partial charge in [-0.2, -0.15) is 13.2 Å². The number of halogens is 5. The number of hydrogen-bond donors (Lipinski definition) is 0. The van der Waals surface area contributed by atoms with E-state index < -0.39 is 23.4 Å². The second-order valence-electron chi connectivity index (χ2n) is 7.94. The smallest absolute Gasteiger partial charge is 0.384 e. The Morgan fingerprint density at radius 1 is 0.824 bits per heavy atom. The highest BCUT2D eigenvalue weighted by molar-refractivity contribution is 5.87. The molecule has 0 N–H and O–H groups in total. The predicted molar refractivity (Wildman–Crippen MR) is 119 cm³/mol. The molecule has 0 aliphatic rings. The van der Waals surface area contributed by atoms with Crippen LogP contribution in [0.15, 0.2) is 60.9 Å². The summed E-state index contributed by atoms with van der Waals surface area (Å²) in [4.78, 5) is 8.76. The minimum Gasteiger partial charge on any atom is -0.384 e. The highest BCUT2D eigenvalue weighted by Gasteiger charge is 2.33. The Balaban J connectivity index is 1.51. The molecule has 0 radical (unpaired) electrons. The molecule has 3 aromatic carbocycles. The Kier molecular flexibility index (Phi) is 6.88. The van der Waals surface area contributed by atoms with Crippen LogP contribution in [0.5, 0.6) is 0 Å². The molecule has 176 valence electrons. The largest absolute Gasteiger partial charge is 0.419 e. The Morgan fingerprint density at radius 3 is 2.26 bits per heavy atom. The first-order chi connectivity index (χ1) is 16.3. The van der Waals surface area contributed by atoms with E-state index in [1.54, 1.807) is 49.8 Å². The van der Waals surface area contributed by atoms with E-state index in [-0.39, 0.29) is 12.8 Å². The number of fused-ring (bicyclic) bond motifs is 1. The fourth-order valence-electron chi connectivity index (χ4n) is 3.75. The van der Waals surface area contributed by atoms with Crippen LogP contribution in [0.4, 0.5) is 22.0 Å². The van der Waals surface area contributed by atoms with Crippen molar-refractivity contribution in [3.05, 3.63) is 94.8 Å². The molecular formula is C26H21F5N2O. The van der Waals surface area contributed by atoms with Gasteiger partial charge >= 0.3 is 6.18 Å². The highest BCUT2D eigenvalue weighted by atomic mass is 19.4. The van der Waals surface area contributed by atoms with Gasteiger partial charge in [-0.1, -0.05) is 30.3 Å². The van der Waals surface area contributed by atoms with E-state index in [4.69, 9.17) is 4.74 Å². The summed E-state index contributed by atoms with van der Waals surface area (Å²) in [5, 5.41) is 1.09. The lowest BCUT2D eigenvalue weighted by Gasteiger charge is -2.11. The normalized spacial score (nSPS) is 11.8. The topological polar surface area (TPSA) is 35.0 Å². The SMILES string of the molecule is COCCc1cnc(-c2ccc3c(F)c(CCc4ccc(C(F)(F)F)c(F)c4)ccc3c2)nc1. The summed E-state index contributed by atoms with van der Waals surface area (Å²) >= 11 is 0. The molecular weight excluding hydrogens is 451 g/mol. The van der Waals surface area contributed by atoms with Gasteiger partial charge in [-0.3, -0.25) is 0 Å². The molecule has 0 fully saturated rings. The average Bonchev–Trinajstić information content (AvgIpc) is 2.81.